The minimum atomic E-state index is 0.754. The summed E-state index contributed by atoms with van der Waals surface area (Å²) in [4.78, 5) is 17.8. The van der Waals surface area contributed by atoms with Crippen LogP contribution in [0.1, 0.15) is 31.4 Å². The van der Waals surface area contributed by atoms with Gasteiger partial charge >= 0.3 is 0 Å². The molecule has 0 spiro atoms. The fraction of sp³-hybridized carbons (Fsp3) is 0.647. The molecule has 2 saturated heterocycles. The van der Waals surface area contributed by atoms with Crippen LogP contribution in [0.2, 0.25) is 0 Å². The van der Waals surface area contributed by atoms with Crippen molar-refractivity contribution in [2.75, 3.05) is 49.2 Å². The summed E-state index contributed by atoms with van der Waals surface area (Å²) in [6.45, 7) is 7.52. The van der Waals surface area contributed by atoms with Crippen LogP contribution in [0.15, 0.2) is 6.07 Å². The first kappa shape index (κ1) is 14.8. The Kier molecular flexibility index (Phi) is 4.08. The number of hydrogen-bond donors (Lipinski definition) is 1. The maximum absolute atomic E-state index is 5.46. The molecule has 1 N–H and O–H groups in total. The highest BCUT2D eigenvalue weighted by Crippen LogP contribution is 2.29. The summed E-state index contributed by atoms with van der Waals surface area (Å²) < 4.78 is 5.46. The van der Waals surface area contributed by atoms with Gasteiger partial charge in [0, 0.05) is 31.9 Å². The predicted molar refractivity (Wildman–Crippen MR) is 92.3 cm³/mol. The van der Waals surface area contributed by atoms with E-state index in [-0.39, 0.29) is 0 Å². The molecule has 0 bridgehead atoms. The lowest BCUT2D eigenvalue weighted by atomic mass is 10.2. The van der Waals surface area contributed by atoms with Crippen molar-refractivity contribution in [2.45, 2.75) is 32.6 Å². The lowest BCUT2D eigenvalue weighted by Crippen LogP contribution is -2.37. The number of ether oxygens (including phenoxy) is 1. The average molecular weight is 315 g/mol. The molecule has 2 aliphatic heterocycles. The molecule has 2 aliphatic rings. The van der Waals surface area contributed by atoms with Gasteiger partial charge in [0.05, 0.1) is 18.6 Å². The van der Waals surface area contributed by atoms with Crippen LogP contribution in [-0.2, 0) is 4.74 Å². The van der Waals surface area contributed by atoms with Crippen LogP contribution in [0.25, 0.3) is 11.0 Å². The van der Waals surface area contributed by atoms with Crippen molar-refractivity contribution in [2.24, 2.45) is 0 Å². The first-order chi connectivity index (χ1) is 11.3. The van der Waals surface area contributed by atoms with E-state index >= 15 is 0 Å². The quantitative estimate of drug-likeness (QED) is 0.922. The van der Waals surface area contributed by atoms with Crippen molar-refractivity contribution in [3.8, 4) is 0 Å². The van der Waals surface area contributed by atoms with E-state index in [9.17, 15) is 0 Å². The van der Waals surface area contributed by atoms with Gasteiger partial charge in [-0.05, 0) is 25.8 Å². The second kappa shape index (κ2) is 6.35. The molecule has 23 heavy (non-hydrogen) atoms. The maximum Gasteiger partial charge on any atom is 0.229 e. The highest BCUT2D eigenvalue weighted by atomic mass is 16.5. The summed E-state index contributed by atoms with van der Waals surface area (Å²) in [6.07, 6.45) is 5.16. The monoisotopic (exact) mass is 315 g/mol. The summed E-state index contributed by atoms with van der Waals surface area (Å²) in [5.41, 5.74) is 2.10. The summed E-state index contributed by atoms with van der Waals surface area (Å²) in [5, 5.41) is 1.15. The Balaban J connectivity index is 1.76. The standard InChI is InChI=1S/C17H25N5O/c1-13-12-14-15(18-13)19-17(22-8-10-23-11-9-22)20-16(14)21-6-4-2-3-5-7-21/h12H,2-11H2,1H3,(H,18,19,20). The molecule has 6 nitrogen and oxygen atoms in total. The number of H-pyrrole nitrogens is 1. The second-order valence-corrected chi connectivity index (χ2v) is 6.56. The summed E-state index contributed by atoms with van der Waals surface area (Å²) in [6, 6.07) is 2.18. The lowest BCUT2D eigenvalue weighted by molar-refractivity contribution is 0.122. The molecule has 0 radical (unpaired) electrons. The van der Waals surface area contributed by atoms with Gasteiger partial charge < -0.3 is 19.5 Å². The molecule has 0 amide bonds. The molecule has 2 aromatic heterocycles. The number of nitrogens with zero attached hydrogens (tertiary/aromatic N) is 4. The van der Waals surface area contributed by atoms with E-state index in [0.29, 0.717) is 0 Å². The third kappa shape index (κ3) is 3.00. The molecule has 2 aromatic rings. The molecule has 4 rings (SSSR count). The minimum Gasteiger partial charge on any atom is -0.378 e. The Labute approximate surface area is 136 Å². The third-order valence-electron chi connectivity index (χ3n) is 4.79. The minimum absolute atomic E-state index is 0.754. The lowest BCUT2D eigenvalue weighted by Gasteiger charge is -2.28. The van der Waals surface area contributed by atoms with Crippen molar-refractivity contribution in [3.63, 3.8) is 0 Å². The van der Waals surface area contributed by atoms with E-state index in [0.717, 1.165) is 67.9 Å². The zero-order valence-corrected chi connectivity index (χ0v) is 13.8. The van der Waals surface area contributed by atoms with Gasteiger partial charge in [0.1, 0.15) is 11.5 Å². The number of aromatic amines is 1. The Bertz CT molecular complexity index is 669. The number of fused-ring (bicyclic) bond motifs is 1. The van der Waals surface area contributed by atoms with Crippen molar-refractivity contribution in [1.29, 1.82) is 0 Å². The van der Waals surface area contributed by atoms with E-state index in [4.69, 9.17) is 14.7 Å². The first-order valence-corrected chi connectivity index (χ1v) is 8.76. The molecular weight excluding hydrogens is 290 g/mol. The molecule has 0 aromatic carbocycles. The Morgan fingerprint density at radius 3 is 2.43 bits per heavy atom. The van der Waals surface area contributed by atoms with Gasteiger partial charge in [-0.25, -0.2) is 0 Å². The molecule has 4 heterocycles. The largest absolute Gasteiger partial charge is 0.378 e. The van der Waals surface area contributed by atoms with Crippen LogP contribution in [-0.4, -0.2) is 54.3 Å². The normalized spacial score (nSPS) is 20.0. The van der Waals surface area contributed by atoms with E-state index in [2.05, 4.69) is 27.8 Å². The van der Waals surface area contributed by atoms with Crippen LogP contribution < -0.4 is 9.80 Å². The molecule has 0 atom stereocenters. The number of nitrogens with one attached hydrogen (secondary N) is 1. The fourth-order valence-electron chi connectivity index (χ4n) is 3.54. The van der Waals surface area contributed by atoms with Gasteiger partial charge in [-0.15, -0.1) is 0 Å². The molecule has 2 fully saturated rings. The number of hydrogen-bond acceptors (Lipinski definition) is 5. The molecule has 124 valence electrons. The molecule has 0 aliphatic carbocycles. The smallest absolute Gasteiger partial charge is 0.229 e. The molecule has 6 heteroatoms. The van der Waals surface area contributed by atoms with Crippen molar-refractivity contribution in [1.82, 2.24) is 15.0 Å². The van der Waals surface area contributed by atoms with Crippen LogP contribution in [0.3, 0.4) is 0 Å². The van der Waals surface area contributed by atoms with E-state index in [1.165, 1.54) is 25.7 Å². The van der Waals surface area contributed by atoms with E-state index in [1.807, 2.05) is 0 Å². The number of aryl methyl sites for hydroxylation is 1. The zero-order valence-electron chi connectivity index (χ0n) is 13.8. The van der Waals surface area contributed by atoms with Gasteiger partial charge in [0.2, 0.25) is 5.95 Å². The predicted octanol–water partition coefficient (Wildman–Crippen LogP) is 2.48. The van der Waals surface area contributed by atoms with Gasteiger partial charge in [-0.1, -0.05) is 12.8 Å². The zero-order chi connectivity index (χ0) is 15.6. The second-order valence-electron chi connectivity index (χ2n) is 6.56. The summed E-state index contributed by atoms with van der Waals surface area (Å²) in [7, 11) is 0. The van der Waals surface area contributed by atoms with Crippen LogP contribution >= 0.6 is 0 Å². The van der Waals surface area contributed by atoms with E-state index < -0.39 is 0 Å². The van der Waals surface area contributed by atoms with Crippen molar-refractivity contribution >= 4 is 22.8 Å². The van der Waals surface area contributed by atoms with Gasteiger partial charge in [0.15, 0.2) is 0 Å². The Morgan fingerprint density at radius 2 is 1.70 bits per heavy atom. The van der Waals surface area contributed by atoms with Crippen LogP contribution in [0.4, 0.5) is 11.8 Å². The Morgan fingerprint density at radius 1 is 0.957 bits per heavy atom. The molecular formula is C17H25N5O. The van der Waals surface area contributed by atoms with Crippen LogP contribution in [0, 0.1) is 6.92 Å². The SMILES string of the molecule is Cc1cc2c(N3CCCCCC3)nc(N3CCOCC3)nc2[nH]1. The first-order valence-electron chi connectivity index (χ1n) is 8.76. The third-order valence-corrected chi connectivity index (χ3v) is 4.79. The number of aromatic nitrogens is 3. The number of morpholine rings is 1. The van der Waals surface area contributed by atoms with Gasteiger partial charge in [-0.2, -0.15) is 9.97 Å². The van der Waals surface area contributed by atoms with E-state index in [1.54, 1.807) is 0 Å². The fourth-order valence-corrected chi connectivity index (χ4v) is 3.54. The van der Waals surface area contributed by atoms with Gasteiger partial charge in [0.25, 0.3) is 0 Å². The highest BCUT2D eigenvalue weighted by molar-refractivity contribution is 5.89. The highest BCUT2D eigenvalue weighted by Gasteiger charge is 2.21. The summed E-state index contributed by atoms with van der Waals surface area (Å²) >= 11 is 0. The number of anilines is 2. The Hall–Kier alpha value is -1.82. The summed E-state index contributed by atoms with van der Waals surface area (Å²) in [5.74, 6) is 1.93. The van der Waals surface area contributed by atoms with Crippen molar-refractivity contribution < 1.29 is 4.74 Å². The number of rotatable bonds is 2. The molecule has 0 unspecified atom stereocenters. The van der Waals surface area contributed by atoms with Crippen molar-refractivity contribution in [3.05, 3.63) is 11.8 Å². The van der Waals surface area contributed by atoms with Gasteiger partial charge in [-0.3, -0.25) is 0 Å². The maximum atomic E-state index is 5.46. The topological polar surface area (TPSA) is 57.3 Å². The van der Waals surface area contributed by atoms with Crippen LogP contribution in [0.5, 0.6) is 0 Å². The average Bonchev–Trinajstić information content (AvgIpc) is 2.78. The molecule has 0 saturated carbocycles.